The number of rotatable bonds is 7. The van der Waals surface area contributed by atoms with E-state index in [1.807, 2.05) is 24.3 Å². The van der Waals surface area contributed by atoms with Gasteiger partial charge < -0.3 is 19.8 Å². The van der Waals surface area contributed by atoms with E-state index in [1.165, 1.54) is 11.3 Å². The lowest BCUT2D eigenvalue weighted by atomic mass is 9.98. The van der Waals surface area contributed by atoms with Crippen molar-refractivity contribution in [2.75, 3.05) is 57.4 Å². The van der Waals surface area contributed by atoms with E-state index in [0.717, 1.165) is 11.3 Å². The van der Waals surface area contributed by atoms with Crippen molar-refractivity contribution in [1.29, 1.82) is 0 Å². The fraction of sp³-hybridized carbons (Fsp3) is 0.565. The van der Waals surface area contributed by atoms with E-state index in [9.17, 15) is 18.6 Å². The minimum absolute atomic E-state index is 0.00417. The molecule has 0 unspecified atom stereocenters. The number of ether oxygens (including phenoxy) is 1. The molecule has 2 atom stereocenters. The molecule has 2 aromatic rings. The van der Waals surface area contributed by atoms with E-state index >= 15 is 0 Å². The Bertz CT molecular complexity index is 1010. The van der Waals surface area contributed by atoms with Gasteiger partial charge in [0.25, 0.3) is 10.0 Å². The number of benzene rings is 1. The molecular formula is C23H33N3O5S2. The third-order valence-corrected chi connectivity index (χ3v) is 9.68. The van der Waals surface area contributed by atoms with Crippen LogP contribution in [0.3, 0.4) is 0 Å². The first-order valence-electron chi connectivity index (χ1n) is 11.3. The van der Waals surface area contributed by atoms with E-state index < -0.39 is 15.6 Å². The Hall–Kier alpha value is -1.53. The Morgan fingerprint density at radius 3 is 2.52 bits per heavy atom. The van der Waals surface area contributed by atoms with Gasteiger partial charge in [0.1, 0.15) is 4.21 Å². The summed E-state index contributed by atoms with van der Waals surface area (Å²) >= 11 is 1.24. The maximum Gasteiger partial charge on any atom is 0.252 e. The van der Waals surface area contributed by atoms with Crippen LogP contribution in [0.4, 0.5) is 5.69 Å². The summed E-state index contributed by atoms with van der Waals surface area (Å²) < 4.78 is 33.9. The number of hydrogen-bond acceptors (Lipinski definition) is 8. The minimum Gasteiger partial charge on any atom is -0.395 e. The molecule has 33 heavy (non-hydrogen) atoms. The first kappa shape index (κ1) is 24.6. The van der Waals surface area contributed by atoms with Gasteiger partial charge in [0.15, 0.2) is 0 Å². The smallest absolute Gasteiger partial charge is 0.252 e. The van der Waals surface area contributed by atoms with Gasteiger partial charge in [0.05, 0.1) is 37.5 Å². The quantitative estimate of drug-likeness (QED) is 0.602. The van der Waals surface area contributed by atoms with Gasteiger partial charge in [-0.1, -0.05) is 18.2 Å². The van der Waals surface area contributed by atoms with Crippen LogP contribution in [0.15, 0.2) is 46.0 Å². The van der Waals surface area contributed by atoms with Gasteiger partial charge in [-0.15, -0.1) is 11.3 Å². The molecule has 8 nitrogen and oxygen atoms in total. The van der Waals surface area contributed by atoms with Crippen LogP contribution in [-0.4, -0.2) is 92.5 Å². The van der Waals surface area contributed by atoms with E-state index in [1.54, 1.807) is 35.7 Å². The first-order chi connectivity index (χ1) is 15.7. The lowest BCUT2D eigenvalue weighted by Crippen LogP contribution is -2.60. The molecule has 1 aromatic heterocycles. The lowest BCUT2D eigenvalue weighted by Gasteiger charge is -2.45. The number of morpholine rings is 1. The molecule has 2 aliphatic heterocycles. The zero-order valence-corrected chi connectivity index (χ0v) is 20.8. The molecule has 0 amide bonds. The number of sulfonamides is 1. The average molecular weight is 496 g/mol. The summed E-state index contributed by atoms with van der Waals surface area (Å²) in [5, 5.41) is 21.9. The van der Waals surface area contributed by atoms with Crippen molar-refractivity contribution in [2.24, 2.45) is 0 Å². The molecule has 10 heteroatoms. The average Bonchev–Trinajstić information content (AvgIpc) is 3.35. The maximum atomic E-state index is 13.2. The zero-order chi connectivity index (χ0) is 23.6. The van der Waals surface area contributed by atoms with Crippen molar-refractivity contribution >= 4 is 27.0 Å². The summed E-state index contributed by atoms with van der Waals surface area (Å²) in [5.41, 5.74) is 0.901. The highest BCUT2D eigenvalue weighted by Crippen LogP contribution is 2.29. The number of thiophene rings is 1. The van der Waals surface area contributed by atoms with Crippen LogP contribution in [0.5, 0.6) is 0 Å². The maximum absolute atomic E-state index is 13.2. The number of aliphatic hydroxyl groups excluding tert-OH is 1. The predicted octanol–water partition coefficient (Wildman–Crippen LogP) is 1.55. The Labute approximate surface area is 200 Å². The highest BCUT2D eigenvalue weighted by molar-refractivity contribution is 7.91. The molecular weight excluding hydrogens is 462 g/mol. The SMILES string of the molecule is CC(C)(O)c1ccc(N2CCN(S(=O)(=O)c3cccs3)C[C@@H]2CN2CCOC[C@@H]2CO)cc1. The molecule has 182 valence electrons. The van der Waals surface area contributed by atoms with Crippen LogP contribution in [0.1, 0.15) is 19.4 Å². The van der Waals surface area contributed by atoms with Crippen LogP contribution >= 0.6 is 11.3 Å². The molecule has 0 spiro atoms. The van der Waals surface area contributed by atoms with Gasteiger partial charge in [0.2, 0.25) is 0 Å². The molecule has 0 bridgehead atoms. The second kappa shape index (κ2) is 9.99. The van der Waals surface area contributed by atoms with Crippen molar-refractivity contribution in [3.63, 3.8) is 0 Å². The lowest BCUT2D eigenvalue weighted by molar-refractivity contribution is -0.0308. The number of piperazine rings is 1. The van der Waals surface area contributed by atoms with Gasteiger partial charge in [0, 0.05) is 38.4 Å². The molecule has 1 aromatic carbocycles. The highest BCUT2D eigenvalue weighted by atomic mass is 32.2. The van der Waals surface area contributed by atoms with Crippen molar-refractivity contribution in [3.8, 4) is 0 Å². The summed E-state index contributed by atoms with van der Waals surface area (Å²) in [5.74, 6) is 0. The van der Waals surface area contributed by atoms with Gasteiger partial charge in [-0.2, -0.15) is 4.31 Å². The largest absolute Gasteiger partial charge is 0.395 e. The fourth-order valence-electron chi connectivity index (χ4n) is 4.51. The van der Waals surface area contributed by atoms with Crippen LogP contribution in [0.2, 0.25) is 0 Å². The van der Waals surface area contributed by atoms with Crippen LogP contribution in [-0.2, 0) is 20.4 Å². The number of nitrogens with zero attached hydrogens (tertiary/aromatic N) is 3. The Morgan fingerprint density at radius 1 is 1.12 bits per heavy atom. The standard InChI is InChI=1S/C23H33N3O5S2/c1-23(2,28)18-5-7-19(8-6-18)26-10-9-25(33(29,30)22-4-3-13-32-22)15-20(26)14-24-11-12-31-17-21(24)16-27/h3-8,13,20-21,27-28H,9-12,14-17H2,1-2H3/t20-,21-/m0/s1. The molecule has 4 rings (SSSR count). The molecule has 2 saturated heterocycles. The monoisotopic (exact) mass is 495 g/mol. The van der Waals surface area contributed by atoms with Crippen LogP contribution in [0, 0.1) is 0 Å². The fourth-order valence-corrected chi connectivity index (χ4v) is 7.12. The third kappa shape index (κ3) is 5.43. The summed E-state index contributed by atoms with van der Waals surface area (Å²) in [6.07, 6.45) is 0. The normalized spacial score (nSPS) is 23.7. The number of aliphatic hydroxyl groups is 2. The predicted molar refractivity (Wildman–Crippen MR) is 129 cm³/mol. The Kier molecular flexibility index (Phi) is 7.44. The van der Waals surface area contributed by atoms with Gasteiger partial charge >= 0.3 is 0 Å². The first-order valence-corrected chi connectivity index (χ1v) is 13.6. The van der Waals surface area contributed by atoms with E-state index in [2.05, 4.69) is 9.80 Å². The van der Waals surface area contributed by atoms with Gasteiger partial charge in [-0.25, -0.2) is 8.42 Å². The minimum atomic E-state index is -3.54. The Morgan fingerprint density at radius 2 is 1.88 bits per heavy atom. The summed E-state index contributed by atoms with van der Waals surface area (Å²) in [6.45, 7) is 7.23. The third-order valence-electron chi connectivity index (χ3n) is 6.45. The van der Waals surface area contributed by atoms with Gasteiger partial charge in [-0.05, 0) is 43.0 Å². The molecule has 2 N–H and O–H groups in total. The summed E-state index contributed by atoms with van der Waals surface area (Å²) in [7, 11) is -3.54. The van der Waals surface area contributed by atoms with E-state index in [4.69, 9.17) is 4.74 Å². The van der Waals surface area contributed by atoms with Crippen LogP contribution < -0.4 is 4.90 Å². The molecule has 0 radical (unpaired) electrons. The molecule has 3 heterocycles. The number of anilines is 1. The topological polar surface area (TPSA) is 93.6 Å². The molecule has 2 fully saturated rings. The van der Waals surface area contributed by atoms with E-state index in [-0.39, 0.29) is 18.7 Å². The van der Waals surface area contributed by atoms with Crippen molar-refractivity contribution < 1.29 is 23.4 Å². The zero-order valence-electron chi connectivity index (χ0n) is 19.1. The van der Waals surface area contributed by atoms with Crippen molar-refractivity contribution in [2.45, 2.75) is 35.7 Å². The van der Waals surface area contributed by atoms with Crippen molar-refractivity contribution in [3.05, 3.63) is 47.3 Å². The second-order valence-corrected chi connectivity index (χ2v) is 12.3. The molecule has 0 aliphatic carbocycles. The summed E-state index contributed by atoms with van der Waals surface area (Å²) in [6, 6.07) is 11.1. The Balaban J connectivity index is 1.60. The van der Waals surface area contributed by atoms with Gasteiger partial charge in [-0.3, -0.25) is 4.90 Å². The molecule has 0 saturated carbocycles. The van der Waals surface area contributed by atoms with E-state index in [0.29, 0.717) is 50.1 Å². The second-order valence-electron chi connectivity index (χ2n) is 9.15. The summed E-state index contributed by atoms with van der Waals surface area (Å²) in [4.78, 5) is 4.45. The molecule has 2 aliphatic rings. The van der Waals surface area contributed by atoms with Crippen LogP contribution in [0.25, 0.3) is 0 Å². The highest BCUT2D eigenvalue weighted by Gasteiger charge is 2.37. The van der Waals surface area contributed by atoms with Crippen molar-refractivity contribution in [1.82, 2.24) is 9.21 Å². The number of hydrogen-bond donors (Lipinski definition) is 2.